The van der Waals surface area contributed by atoms with Crippen molar-refractivity contribution in [1.82, 2.24) is 0 Å². The quantitative estimate of drug-likeness (QED) is 0.502. The summed E-state index contributed by atoms with van der Waals surface area (Å²) in [6, 6.07) is 0. The minimum absolute atomic E-state index is 0.0692. The van der Waals surface area contributed by atoms with Gasteiger partial charge in [0, 0.05) is 18.8 Å². The Kier molecular flexibility index (Phi) is 8.91. The van der Waals surface area contributed by atoms with Crippen molar-refractivity contribution in [2.45, 2.75) is 83.7 Å². The van der Waals surface area contributed by atoms with Crippen LogP contribution in [0.25, 0.3) is 0 Å². The lowest BCUT2D eigenvalue weighted by Gasteiger charge is -2.41. The summed E-state index contributed by atoms with van der Waals surface area (Å²) in [6.07, 6.45) is 18.2. The number of Topliss-reactive ketones (excluding diaryl/α,β-unsaturated/α-hetero) is 2. The summed E-state index contributed by atoms with van der Waals surface area (Å²) in [5.74, 6) is 0.434. The Labute approximate surface area is 163 Å². The summed E-state index contributed by atoms with van der Waals surface area (Å²) in [5.41, 5.74) is 0.537. The number of hydrogen-bond acceptors (Lipinski definition) is 4. The monoisotopic (exact) mass is 376 g/mol. The molecule has 2 aliphatic carbocycles. The molecule has 1 unspecified atom stereocenters. The molecule has 4 nitrogen and oxygen atoms in total. The van der Waals surface area contributed by atoms with Crippen LogP contribution in [0.2, 0.25) is 0 Å². The smallest absolute Gasteiger partial charge is 0.163 e. The largest absolute Gasteiger partial charge is 0.393 e. The number of ketones is 2. The molecule has 0 radical (unpaired) electrons. The van der Waals surface area contributed by atoms with Gasteiger partial charge in [0.05, 0.1) is 6.61 Å². The molecule has 0 aliphatic heterocycles. The van der Waals surface area contributed by atoms with Crippen molar-refractivity contribution in [2.24, 2.45) is 17.3 Å². The number of carbonyl (C=O) groups excluding carboxylic acids is 2. The summed E-state index contributed by atoms with van der Waals surface area (Å²) in [6.45, 7) is 1.74. The molecule has 0 aromatic rings. The van der Waals surface area contributed by atoms with E-state index in [4.69, 9.17) is 5.11 Å². The van der Waals surface area contributed by atoms with Crippen molar-refractivity contribution in [1.29, 1.82) is 0 Å². The molecular formula is C23H36O4. The number of allylic oxidation sites excluding steroid dienone is 4. The molecule has 152 valence electrons. The van der Waals surface area contributed by atoms with E-state index >= 15 is 0 Å². The average molecular weight is 377 g/mol. The number of aliphatic hydroxyl groups excluding tert-OH is 2. The highest BCUT2D eigenvalue weighted by Crippen LogP contribution is 2.48. The maximum absolute atomic E-state index is 12.2. The Morgan fingerprint density at radius 1 is 1.30 bits per heavy atom. The number of rotatable bonds is 12. The maximum Gasteiger partial charge on any atom is 0.163 e. The van der Waals surface area contributed by atoms with Crippen LogP contribution in [0.3, 0.4) is 0 Å². The van der Waals surface area contributed by atoms with E-state index in [-0.39, 0.29) is 18.1 Å². The first-order valence-electron chi connectivity index (χ1n) is 10.7. The van der Waals surface area contributed by atoms with E-state index < -0.39 is 12.7 Å². The second kappa shape index (κ2) is 10.9. The predicted molar refractivity (Wildman–Crippen MR) is 107 cm³/mol. The van der Waals surface area contributed by atoms with Crippen molar-refractivity contribution < 1.29 is 19.8 Å². The summed E-state index contributed by atoms with van der Waals surface area (Å²) in [5, 5.41) is 18.0. The van der Waals surface area contributed by atoms with Crippen molar-refractivity contribution in [3.63, 3.8) is 0 Å². The molecule has 2 rings (SSSR count). The summed E-state index contributed by atoms with van der Waals surface area (Å²) >= 11 is 0. The van der Waals surface area contributed by atoms with E-state index in [2.05, 4.69) is 19.1 Å². The normalized spacial score (nSPS) is 26.0. The van der Waals surface area contributed by atoms with Crippen LogP contribution in [-0.2, 0) is 9.59 Å². The molecule has 2 N–H and O–H groups in total. The maximum atomic E-state index is 12.2. The molecule has 27 heavy (non-hydrogen) atoms. The van der Waals surface area contributed by atoms with Gasteiger partial charge in [0.2, 0.25) is 0 Å². The van der Waals surface area contributed by atoms with Gasteiger partial charge < -0.3 is 10.2 Å². The lowest BCUT2D eigenvalue weighted by molar-refractivity contribution is -0.128. The molecule has 0 amide bonds. The highest BCUT2D eigenvalue weighted by Gasteiger charge is 2.35. The van der Waals surface area contributed by atoms with E-state index in [0.717, 1.165) is 19.3 Å². The van der Waals surface area contributed by atoms with Gasteiger partial charge in [-0.1, -0.05) is 44.1 Å². The molecule has 3 atom stereocenters. The second-order valence-corrected chi connectivity index (χ2v) is 8.42. The van der Waals surface area contributed by atoms with Crippen molar-refractivity contribution in [3.05, 3.63) is 24.3 Å². The Morgan fingerprint density at radius 3 is 2.70 bits per heavy atom. The molecule has 0 bridgehead atoms. The number of carbonyl (C=O) groups is 2. The van der Waals surface area contributed by atoms with Gasteiger partial charge in [0.25, 0.3) is 0 Å². The SMILES string of the molecule is CCCC1(CC=C[C@H]2CCC(=O)[C@@H]2CC=CCCC(=O)C(O)CO)CCC1. The van der Waals surface area contributed by atoms with E-state index in [9.17, 15) is 14.7 Å². The fourth-order valence-corrected chi connectivity index (χ4v) is 4.58. The summed E-state index contributed by atoms with van der Waals surface area (Å²) < 4.78 is 0. The fourth-order valence-electron chi connectivity index (χ4n) is 4.58. The third-order valence-corrected chi connectivity index (χ3v) is 6.44. The van der Waals surface area contributed by atoms with Gasteiger partial charge in [-0.3, -0.25) is 9.59 Å². The minimum atomic E-state index is -1.27. The van der Waals surface area contributed by atoms with Gasteiger partial charge in [-0.25, -0.2) is 0 Å². The Morgan fingerprint density at radius 2 is 2.07 bits per heavy atom. The summed E-state index contributed by atoms with van der Waals surface area (Å²) in [7, 11) is 0. The van der Waals surface area contributed by atoms with Crippen LogP contribution in [0, 0.1) is 17.3 Å². The third-order valence-electron chi connectivity index (χ3n) is 6.44. The average Bonchev–Trinajstić information content (AvgIpc) is 2.98. The first-order valence-corrected chi connectivity index (χ1v) is 10.7. The molecule has 2 saturated carbocycles. The standard InChI is InChI=1S/C23H36O4/c1-2-13-23(15-7-16-23)14-6-8-18-11-12-20(25)19(18)9-4-3-5-10-21(26)22(27)17-24/h3-4,6,8,18-19,22,24,27H,2,5,7,9-17H2,1H3/t18-,19+,22?/m0/s1. The lowest BCUT2D eigenvalue weighted by atomic mass is 9.64. The van der Waals surface area contributed by atoms with Crippen LogP contribution in [0.1, 0.15) is 77.6 Å². The lowest BCUT2D eigenvalue weighted by Crippen LogP contribution is -2.28. The van der Waals surface area contributed by atoms with Gasteiger partial charge in [-0.15, -0.1) is 0 Å². The number of aliphatic hydroxyl groups is 2. The van der Waals surface area contributed by atoms with E-state index in [1.54, 1.807) is 0 Å². The molecule has 0 aromatic carbocycles. The van der Waals surface area contributed by atoms with Crippen LogP contribution >= 0.6 is 0 Å². The zero-order valence-electron chi connectivity index (χ0n) is 16.7. The van der Waals surface area contributed by atoms with E-state index in [1.807, 2.05) is 12.2 Å². The molecular weight excluding hydrogens is 340 g/mol. The van der Waals surface area contributed by atoms with Gasteiger partial charge in [0.1, 0.15) is 11.9 Å². The molecule has 0 aromatic heterocycles. The molecule has 2 aliphatic rings. The van der Waals surface area contributed by atoms with Gasteiger partial charge in [-0.05, 0) is 56.3 Å². The predicted octanol–water partition coefficient (Wildman–Crippen LogP) is 4.15. The Balaban J connectivity index is 1.77. The van der Waals surface area contributed by atoms with Gasteiger partial charge in [-0.2, -0.15) is 0 Å². The minimum Gasteiger partial charge on any atom is -0.393 e. The summed E-state index contributed by atoms with van der Waals surface area (Å²) in [4.78, 5) is 23.7. The van der Waals surface area contributed by atoms with E-state index in [0.29, 0.717) is 30.0 Å². The Hall–Kier alpha value is -1.26. The second-order valence-electron chi connectivity index (χ2n) is 8.42. The first-order chi connectivity index (χ1) is 13.0. The van der Waals surface area contributed by atoms with Crippen LogP contribution < -0.4 is 0 Å². The van der Waals surface area contributed by atoms with Crippen molar-refractivity contribution in [3.8, 4) is 0 Å². The van der Waals surface area contributed by atoms with Crippen LogP contribution in [0.5, 0.6) is 0 Å². The van der Waals surface area contributed by atoms with Crippen LogP contribution in [-0.4, -0.2) is 34.5 Å². The molecule has 4 heteroatoms. The van der Waals surface area contributed by atoms with E-state index in [1.165, 1.54) is 32.1 Å². The Bertz CT molecular complexity index is 545. The van der Waals surface area contributed by atoms with Crippen molar-refractivity contribution >= 4 is 11.6 Å². The molecule has 0 saturated heterocycles. The third kappa shape index (κ3) is 6.39. The topological polar surface area (TPSA) is 74.6 Å². The number of hydrogen-bond donors (Lipinski definition) is 2. The van der Waals surface area contributed by atoms with Crippen LogP contribution in [0.15, 0.2) is 24.3 Å². The molecule has 0 heterocycles. The van der Waals surface area contributed by atoms with Gasteiger partial charge >= 0.3 is 0 Å². The highest BCUT2D eigenvalue weighted by atomic mass is 16.3. The molecule has 0 spiro atoms. The van der Waals surface area contributed by atoms with Crippen molar-refractivity contribution in [2.75, 3.05) is 6.61 Å². The zero-order chi connectivity index (χ0) is 19.7. The highest BCUT2D eigenvalue weighted by molar-refractivity contribution is 5.84. The van der Waals surface area contributed by atoms with Crippen LogP contribution in [0.4, 0.5) is 0 Å². The first kappa shape index (κ1) is 22.0. The molecule has 2 fully saturated rings. The van der Waals surface area contributed by atoms with Gasteiger partial charge in [0.15, 0.2) is 5.78 Å². The fraction of sp³-hybridized carbons (Fsp3) is 0.739. The zero-order valence-corrected chi connectivity index (χ0v) is 16.7.